The molecule has 0 saturated heterocycles. The van der Waals surface area contributed by atoms with Crippen molar-refractivity contribution in [2.45, 2.75) is 5.92 Å². The Morgan fingerprint density at radius 3 is 2.42 bits per heavy atom. The highest BCUT2D eigenvalue weighted by Crippen LogP contribution is 2.42. The summed E-state index contributed by atoms with van der Waals surface area (Å²) < 4.78 is 11.5. The fraction of sp³-hybridized carbons (Fsp3) is 0.0455. The third-order valence-corrected chi connectivity index (χ3v) is 4.29. The van der Waals surface area contributed by atoms with Gasteiger partial charge in [0.15, 0.2) is 0 Å². The summed E-state index contributed by atoms with van der Waals surface area (Å²) in [5, 5.41) is 9.62. The highest BCUT2D eigenvalue weighted by molar-refractivity contribution is 5.56. The van der Waals surface area contributed by atoms with Gasteiger partial charge in [0.05, 0.1) is 5.92 Å². The van der Waals surface area contributed by atoms with Crippen molar-refractivity contribution in [1.29, 1.82) is 5.26 Å². The molecule has 0 aliphatic carbocycles. The Labute approximate surface area is 151 Å². The molecule has 3 aromatic rings. The molecule has 0 spiro atoms. The van der Waals surface area contributed by atoms with Crippen molar-refractivity contribution < 1.29 is 9.47 Å². The summed E-state index contributed by atoms with van der Waals surface area (Å²) in [4.78, 5) is 0. The lowest BCUT2D eigenvalue weighted by atomic mass is 9.83. The highest BCUT2D eigenvalue weighted by Gasteiger charge is 2.30. The zero-order valence-corrected chi connectivity index (χ0v) is 13.9. The van der Waals surface area contributed by atoms with Crippen LogP contribution in [0.3, 0.4) is 0 Å². The van der Waals surface area contributed by atoms with Crippen LogP contribution in [-0.4, -0.2) is 0 Å². The van der Waals surface area contributed by atoms with Gasteiger partial charge in [0, 0.05) is 5.56 Å². The quantitative estimate of drug-likeness (QED) is 0.750. The minimum atomic E-state index is -0.288. The smallest absolute Gasteiger partial charge is 0.205 e. The number of hydrogen-bond acceptors (Lipinski definition) is 4. The van der Waals surface area contributed by atoms with E-state index in [1.54, 1.807) is 0 Å². The minimum absolute atomic E-state index is 0.144. The van der Waals surface area contributed by atoms with E-state index in [-0.39, 0.29) is 11.8 Å². The van der Waals surface area contributed by atoms with Gasteiger partial charge in [-0.2, -0.15) is 5.26 Å². The van der Waals surface area contributed by atoms with Crippen molar-refractivity contribution >= 4 is 0 Å². The Morgan fingerprint density at radius 1 is 0.885 bits per heavy atom. The second kappa shape index (κ2) is 6.66. The predicted molar refractivity (Wildman–Crippen MR) is 98.7 cm³/mol. The average Bonchev–Trinajstić information content (AvgIpc) is 2.68. The fourth-order valence-corrected chi connectivity index (χ4v) is 3.13. The van der Waals surface area contributed by atoms with Gasteiger partial charge >= 0.3 is 0 Å². The van der Waals surface area contributed by atoms with Crippen LogP contribution in [0.1, 0.15) is 17.0 Å². The highest BCUT2D eigenvalue weighted by atomic mass is 16.5. The van der Waals surface area contributed by atoms with E-state index in [4.69, 9.17) is 15.2 Å². The van der Waals surface area contributed by atoms with Gasteiger partial charge in [-0.3, -0.25) is 0 Å². The summed E-state index contributed by atoms with van der Waals surface area (Å²) in [5.41, 5.74) is 8.24. The van der Waals surface area contributed by atoms with Crippen molar-refractivity contribution in [2.75, 3.05) is 0 Å². The van der Waals surface area contributed by atoms with Gasteiger partial charge in [0.2, 0.25) is 5.88 Å². The first kappa shape index (κ1) is 15.8. The molecule has 1 aliphatic rings. The summed E-state index contributed by atoms with van der Waals surface area (Å²) in [6.45, 7) is 0. The van der Waals surface area contributed by atoms with E-state index in [0.29, 0.717) is 17.1 Å². The normalized spacial score (nSPS) is 15.6. The van der Waals surface area contributed by atoms with E-state index in [2.05, 4.69) is 6.07 Å². The summed E-state index contributed by atoms with van der Waals surface area (Å²) in [5.74, 6) is 1.99. The van der Waals surface area contributed by atoms with Gasteiger partial charge in [-0.25, -0.2) is 0 Å². The van der Waals surface area contributed by atoms with E-state index < -0.39 is 0 Å². The van der Waals surface area contributed by atoms with Gasteiger partial charge in [-0.05, 0) is 35.9 Å². The first-order valence-corrected chi connectivity index (χ1v) is 8.25. The molecule has 4 nitrogen and oxygen atoms in total. The Morgan fingerprint density at radius 2 is 1.62 bits per heavy atom. The first-order valence-electron chi connectivity index (χ1n) is 8.25. The number of hydrogen-bond donors (Lipinski definition) is 1. The van der Waals surface area contributed by atoms with Crippen LogP contribution in [-0.2, 0) is 0 Å². The average molecular weight is 340 g/mol. The number of nitriles is 1. The third-order valence-electron chi connectivity index (χ3n) is 4.29. The second-order valence-corrected chi connectivity index (χ2v) is 5.95. The molecule has 0 aromatic heterocycles. The van der Waals surface area contributed by atoms with Crippen LogP contribution in [0.15, 0.2) is 90.3 Å². The summed E-state index contributed by atoms with van der Waals surface area (Å²) in [7, 11) is 0. The van der Waals surface area contributed by atoms with Crippen LogP contribution in [0.25, 0.3) is 0 Å². The van der Waals surface area contributed by atoms with Crippen molar-refractivity contribution in [2.24, 2.45) is 5.73 Å². The number of nitrogens with zero attached hydrogens (tertiary/aromatic N) is 1. The number of rotatable bonds is 3. The van der Waals surface area contributed by atoms with Crippen LogP contribution in [0, 0.1) is 11.3 Å². The topological polar surface area (TPSA) is 68.3 Å². The monoisotopic (exact) mass is 340 g/mol. The zero-order valence-electron chi connectivity index (χ0n) is 13.9. The fourth-order valence-electron chi connectivity index (χ4n) is 3.13. The maximum absolute atomic E-state index is 9.62. The lowest BCUT2D eigenvalue weighted by molar-refractivity contribution is 0.393. The summed E-state index contributed by atoms with van der Waals surface area (Å²) >= 11 is 0. The molecule has 4 heteroatoms. The van der Waals surface area contributed by atoms with E-state index in [1.807, 2.05) is 78.9 Å². The molecule has 126 valence electrons. The molecule has 0 radical (unpaired) electrons. The second-order valence-electron chi connectivity index (χ2n) is 5.95. The molecular weight excluding hydrogens is 324 g/mol. The molecule has 0 unspecified atom stereocenters. The van der Waals surface area contributed by atoms with Crippen LogP contribution < -0.4 is 15.2 Å². The molecule has 0 bridgehead atoms. The van der Waals surface area contributed by atoms with Crippen molar-refractivity contribution in [1.82, 2.24) is 0 Å². The van der Waals surface area contributed by atoms with Gasteiger partial charge in [0.1, 0.15) is 28.9 Å². The minimum Gasteiger partial charge on any atom is -0.457 e. The lowest BCUT2D eigenvalue weighted by Gasteiger charge is -2.26. The largest absolute Gasteiger partial charge is 0.457 e. The molecule has 2 N–H and O–H groups in total. The van der Waals surface area contributed by atoms with Crippen LogP contribution >= 0.6 is 0 Å². The van der Waals surface area contributed by atoms with E-state index in [9.17, 15) is 5.26 Å². The molecule has 0 amide bonds. The van der Waals surface area contributed by atoms with Crippen LogP contribution in [0.5, 0.6) is 17.2 Å². The molecular formula is C22H16N2O2. The lowest BCUT2D eigenvalue weighted by Crippen LogP contribution is -2.20. The molecule has 0 fully saturated rings. The number of ether oxygens (including phenoxy) is 2. The number of para-hydroxylation sites is 2. The third kappa shape index (κ3) is 2.87. The molecule has 1 heterocycles. The zero-order chi connectivity index (χ0) is 17.9. The number of fused-ring (bicyclic) bond motifs is 1. The Bertz CT molecular complexity index is 1020. The Hall–Kier alpha value is -3.71. The predicted octanol–water partition coefficient (Wildman–Crippen LogP) is 4.70. The Kier molecular flexibility index (Phi) is 4.04. The van der Waals surface area contributed by atoms with Gasteiger partial charge in [-0.15, -0.1) is 0 Å². The first-order chi connectivity index (χ1) is 12.8. The number of nitrogens with two attached hydrogens (primary N) is 1. The van der Waals surface area contributed by atoms with E-state index in [0.717, 1.165) is 16.9 Å². The molecule has 0 saturated carbocycles. The Balaban J connectivity index is 1.77. The maximum Gasteiger partial charge on any atom is 0.205 e. The molecule has 3 aromatic carbocycles. The summed E-state index contributed by atoms with van der Waals surface area (Å²) in [6, 6.07) is 27.1. The van der Waals surface area contributed by atoms with E-state index in [1.165, 1.54) is 0 Å². The van der Waals surface area contributed by atoms with Crippen molar-refractivity contribution in [3.63, 3.8) is 0 Å². The van der Waals surface area contributed by atoms with E-state index >= 15 is 0 Å². The number of benzene rings is 3. The SMILES string of the molecule is N#CC1=C(N)Oc2ccccc2[C@H]1c1cccc(Oc2ccccc2)c1. The van der Waals surface area contributed by atoms with Crippen molar-refractivity contribution in [3.8, 4) is 23.3 Å². The van der Waals surface area contributed by atoms with Crippen LogP contribution in [0.4, 0.5) is 0 Å². The van der Waals surface area contributed by atoms with Gasteiger partial charge in [-0.1, -0.05) is 48.5 Å². The van der Waals surface area contributed by atoms with Crippen LogP contribution in [0.2, 0.25) is 0 Å². The number of allylic oxidation sites excluding steroid dienone is 1. The molecule has 1 aliphatic heterocycles. The van der Waals surface area contributed by atoms with Gasteiger partial charge in [0.25, 0.3) is 0 Å². The molecule has 4 rings (SSSR count). The summed E-state index contributed by atoms with van der Waals surface area (Å²) in [6.07, 6.45) is 0. The molecule has 26 heavy (non-hydrogen) atoms. The van der Waals surface area contributed by atoms with Crippen molar-refractivity contribution in [3.05, 3.63) is 101 Å². The van der Waals surface area contributed by atoms with Gasteiger partial charge < -0.3 is 15.2 Å². The standard InChI is InChI=1S/C22H16N2O2/c23-14-19-21(18-11-4-5-12-20(18)26-22(19)24)15-7-6-10-17(13-15)25-16-8-2-1-3-9-16/h1-13,21H,24H2/t21-/m1/s1. The maximum atomic E-state index is 9.62. The molecule has 1 atom stereocenters.